The van der Waals surface area contributed by atoms with E-state index in [1.807, 2.05) is 23.1 Å². The molecule has 1 saturated heterocycles. The second kappa shape index (κ2) is 10.3. The van der Waals surface area contributed by atoms with Gasteiger partial charge < -0.3 is 10.6 Å². The molecule has 0 aliphatic carbocycles. The van der Waals surface area contributed by atoms with Gasteiger partial charge in [-0.05, 0) is 76.6 Å². The molecule has 3 heterocycles. The average molecular weight is 417 g/mol. The first-order chi connectivity index (χ1) is 14.0. The van der Waals surface area contributed by atoms with E-state index in [9.17, 15) is 0 Å². The van der Waals surface area contributed by atoms with E-state index >= 15 is 0 Å². The number of thiophene rings is 1. The molecule has 0 aromatic carbocycles. The standard InChI is InChI=1S/C22H36N6S/c1-6-23-22(24-12-11-19-16(2)26-28(5)17(19)3)25-15-18-9-7-13-27(4)21(18)20-10-8-14-29-20/h8,10,14,18,21H,6-7,9,11-13,15H2,1-5H3,(H2,23,24,25). The molecule has 160 valence electrons. The second-order valence-corrected chi connectivity index (χ2v) is 8.99. The maximum absolute atomic E-state index is 4.96. The summed E-state index contributed by atoms with van der Waals surface area (Å²) in [5.41, 5.74) is 3.70. The molecule has 29 heavy (non-hydrogen) atoms. The van der Waals surface area contributed by atoms with E-state index in [1.54, 1.807) is 0 Å². The molecule has 1 aliphatic rings. The van der Waals surface area contributed by atoms with E-state index in [4.69, 9.17) is 4.99 Å². The van der Waals surface area contributed by atoms with Crippen LogP contribution < -0.4 is 10.6 Å². The van der Waals surface area contributed by atoms with Crippen LogP contribution in [0.15, 0.2) is 22.5 Å². The Hall–Kier alpha value is -1.86. The number of hydrogen-bond acceptors (Lipinski definition) is 4. The summed E-state index contributed by atoms with van der Waals surface area (Å²) in [6, 6.07) is 4.92. The number of aromatic nitrogens is 2. The lowest BCUT2D eigenvalue weighted by Gasteiger charge is -2.38. The molecular formula is C22H36N6S. The largest absolute Gasteiger partial charge is 0.357 e. The van der Waals surface area contributed by atoms with Gasteiger partial charge in [0.05, 0.1) is 5.69 Å². The molecule has 7 heteroatoms. The number of rotatable bonds is 7. The SMILES string of the molecule is CCNC(=NCC1CCCN(C)C1c1cccs1)NCCc1c(C)nn(C)c1C. The molecule has 2 N–H and O–H groups in total. The summed E-state index contributed by atoms with van der Waals surface area (Å²) in [4.78, 5) is 8.93. The van der Waals surface area contributed by atoms with Gasteiger partial charge in [-0.2, -0.15) is 5.10 Å². The zero-order valence-electron chi connectivity index (χ0n) is 18.5. The van der Waals surface area contributed by atoms with Gasteiger partial charge in [0.25, 0.3) is 0 Å². The highest BCUT2D eigenvalue weighted by Gasteiger charge is 2.31. The van der Waals surface area contributed by atoms with Gasteiger partial charge in [0, 0.05) is 43.3 Å². The predicted octanol–water partition coefficient (Wildman–Crippen LogP) is 3.28. The molecule has 0 radical (unpaired) electrons. The third-order valence-corrected chi connectivity index (χ3v) is 6.94. The quantitative estimate of drug-likeness (QED) is 0.537. The number of nitrogens with one attached hydrogen (secondary N) is 2. The van der Waals surface area contributed by atoms with Gasteiger partial charge in [0.2, 0.25) is 0 Å². The Kier molecular flexibility index (Phi) is 7.72. The van der Waals surface area contributed by atoms with E-state index in [1.165, 1.54) is 35.5 Å². The maximum Gasteiger partial charge on any atom is 0.191 e. The van der Waals surface area contributed by atoms with Gasteiger partial charge in [0.1, 0.15) is 0 Å². The van der Waals surface area contributed by atoms with Crippen molar-refractivity contribution in [2.24, 2.45) is 18.0 Å². The number of aryl methyl sites for hydroxylation is 2. The average Bonchev–Trinajstić information content (AvgIpc) is 3.30. The second-order valence-electron chi connectivity index (χ2n) is 8.01. The smallest absolute Gasteiger partial charge is 0.191 e. The zero-order chi connectivity index (χ0) is 20.8. The molecule has 0 spiro atoms. The molecule has 1 aliphatic heterocycles. The van der Waals surface area contributed by atoms with Crippen LogP contribution in [0.3, 0.4) is 0 Å². The first-order valence-corrected chi connectivity index (χ1v) is 11.6. The van der Waals surface area contributed by atoms with Crippen LogP contribution in [0.5, 0.6) is 0 Å². The van der Waals surface area contributed by atoms with Gasteiger partial charge in [-0.25, -0.2) is 0 Å². The van der Waals surface area contributed by atoms with E-state index in [-0.39, 0.29) is 0 Å². The van der Waals surface area contributed by atoms with Crippen LogP contribution in [-0.4, -0.2) is 53.9 Å². The highest BCUT2D eigenvalue weighted by molar-refractivity contribution is 7.10. The van der Waals surface area contributed by atoms with Crippen LogP contribution in [0.4, 0.5) is 0 Å². The van der Waals surface area contributed by atoms with E-state index in [2.05, 4.69) is 66.0 Å². The van der Waals surface area contributed by atoms with Gasteiger partial charge in [-0.3, -0.25) is 14.6 Å². The van der Waals surface area contributed by atoms with Crippen molar-refractivity contribution in [1.82, 2.24) is 25.3 Å². The number of aliphatic imine (C=N–C) groups is 1. The fourth-order valence-corrected chi connectivity index (χ4v) is 5.38. The zero-order valence-corrected chi connectivity index (χ0v) is 19.4. The predicted molar refractivity (Wildman–Crippen MR) is 123 cm³/mol. The third-order valence-electron chi connectivity index (χ3n) is 6.00. The Morgan fingerprint density at radius 3 is 2.79 bits per heavy atom. The molecule has 0 amide bonds. The van der Waals surface area contributed by atoms with Gasteiger partial charge in [-0.15, -0.1) is 11.3 Å². The van der Waals surface area contributed by atoms with E-state index < -0.39 is 0 Å². The van der Waals surface area contributed by atoms with Crippen molar-refractivity contribution in [2.45, 2.75) is 46.1 Å². The summed E-state index contributed by atoms with van der Waals surface area (Å²) in [5, 5.41) is 13.6. The molecule has 3 rings (SSSR count). The Balaban J connectivity index is 1.62. The highest BCUT2D eigenvalue weighted by Crippen LogP contribution is 2.37. The Morgan fingerprint density at radius 2 is 2.14 bits per heavy atom. The first kappa shape index (κ1) is 21.8. The molecule has 2 aromatic rings. The topological polar surface area (TPSA) is 57.5 Å². The number of likely N-dealkylation sites (tertiary alicyclic amines) is 1. The van der Waals surface area contributed by atoms with Crippen LogP contribution in [-0.2, 0) is 13.5 Å². The molecule has 1 fully saturated rings. The van der Waals surface area contributed by atoms with Gasteiger partial charge >= 0.3 is 0 Å². The number of piperidine rings is 1. The molecule has 2 atom stereocenters. The minimum absolute atomic E-state index is 0.482. The fourth-order valence-electron chi connectivity index (χ4n) is 4.40. The molecular weight excluding hydrogens is 380 g/mol. The summed E-state index contributed by atoms with van der Waals surface area (Å²) < 4.78 is 1.97. The van der Waals surface area contributed by atoms with Crippen LogP contribution in [0.25, 0.3) is 0 Å². The van der Waals surface area contributed by atoms with Crippen molar-refractivity contribution < 1.29 is 0 Å². The summed E-state index contributed by atoms with van der Waals surface area (Å²) in [7, 11) is 4.26. The monoisotopic (exact) mass is 416 g/mol. The summed E-state index contributed by atoms with van der Waals surface area (Å²) in [6.45, 7) is 10.1. The number of guanidine groups is 1. The lowest BCUT2D eigenvalue weighted by molar-refractivity contribution is 0.128. The van der Waals surface area contributed by atoms with Crippen molar-refractivity contribution in [1.29, 1.82) is 0 Å². The highest BCUT2D eigenvalue weighted by atomic mass is 32.1. The van der Waals surface area contributed by atoms with E-state index in [0.717, 1.165) is 37.7 Å². The molecule has 2 aromatic heterocycles. The lowest BCUT2D eigenvalue weighted by atomic mass is 9.88. The van der Waals surface area contributed by atoms with Crippen LogP contribution >= 0.6 is 11.3 Å². The molecule has 0 bridgehead atoms. The first-order valence-electron chi connectivity index (χ1n) is 10.8. The maximum atomic E-state index is 4.96. The molecule has 6 nitrogen and oxygen atoms in total. The van der Waals surface area contributed by atoms with Crippen LogP contribution in [0.2, 0.25) is 0 Å². The normalized spacial score (nSPS) is 20.8. The summed E-state index contributed by atoms with van der Waals surface area (Å²) in [6.07, 6.45) is 3.45. The minimum Gasteiger partial charge on any atom is -0.357 e. The summed E-state index contributed by atoms with van der Waals surface area (Å²) in [5.74, 6) is 1.48. The van der Waals surface area contributed by atoms with Crippen molar-refractivity contribution in [3.8, 4) is 0 Å². The van der Waals surface area contributed by atoms with Crippen molar-refractivity contribution in [2.75, 3.05) is 33.2 Å². The van der Waals surface area contributed by atoms with Crippen LogP contribution in [0.1, 0.15) is 47.6 Å². The van der Waals surface area contributed by atoms with E-state index in [0.29, 0.717) is 12.0 Å². The van der Waals surface area contributed by atoms with Crippen molar-refractivity contribution in [3.63, 3.8) is 0 Å². The Bertz CT molecular complexity index is 795. The summed E-state index contributed by atoms with van der Waals surface area (Å²) >= 11 is 1.87. The van der Waals surface area contributed by atoms with Crippen LogP contribution in [0, 0.1) is 19.8 Å². The van der Waals surface area contributed by atoms with Gasteiger partial charge in [-0.1, -0.05) is 6.07 Å². The number of hydrogen-bond donors (Lipinski definition) is 2. The third kappa shape index (κ3) is 5.39. The number of nitrogens with zero attached hydrogens (tertiary/aromatic N) is 4. The Labute approximate surface area is 179 Å². The lowest BCUT2D eigenvalue weighted by Crippen LogP contribution is -2.40. The van der Waals surface area contributed by atoms with Crippen molar-refractivity contribution >= 4 is 17.3 Å². The molecule has 0 saturated carbocycles. The van der Waals surface area contributed by atoms with Crippen molar-refractivity contribution in [3.05, 3.63) is 39.3 Å². The fraction of sp³-hybridized carbons (Fsp3) is 0.636. The van der Waals surface area contributed by atoms with Gasteiger partial charge in [0.15, 0.2) is 5.96 Å². The minimum atomic E-state index is 0.482. The Morgan fingerprint density at radius 1 is 1.31 bits per heavy atom. The molecule has 2 unspecified atom stereocenters.